The van der Waals surface area contributed by atoms with E-state index in [0.29, 0.717) is 17.1 Å². The summed E-state index contributed by atoms with van der Waals surface area (Å²) in [5.41, 5.74) is 0.535. The minimum Gasteiger partial charge on any atom is -0.490 e. The lowest BCUT2D eigenvalue weighted by molar-refractivity contribution is 0.140. The van der Waals surface area contributed by atoms with Gasteiger partial charge >= 0.3 is 0 Å². The molecule has 2 aromatic carbocycles. The molecule has 1 atom stereocenters. The molecule has 1 N–H and O–H groups in total. The molecule has 0 amide bonds. The van der Waals surface area contributed by atoms with E-state index in [1.165, 1.54) is 12.1 Å². The van der Waals surface area contributed by atoms with Gasteiger partial charge in [0.2, 0.25) is 0 Å². The van der Waals surface area contributed by atoms with Crippen molar-refractivity contribution in [2.24, 2.45) is 0 Å². The predicted octanol–water partition coefficient (Wildman–Crippen LogP) is 3.73. The Kier molecular flexibility index (Phi) is 3.82. The topological polar surface area (TPSA) is 38.7 Å². The standard InChI is InChI=1S/C15H11BrF2O3/c16-11-3-4-12(17)10(15(11)18)6-20-8-1-2-9-13(19)7-21-14(9)5-8/h1-5,13,19H,6-7H2. The van der Waals surface area contributed by atoms with E-state index in [2.05, 4.69) is 15.9 Å². The third kappa shape index (κ3) is 2.73. The Morgan fingerprint density at radius 3 is 2.90 bits per heavy atom. The van der Waals surface area contributed by atoms with Crippen LogP contribution in [0.4, 0.5) is 8.78 Å². The summed E-state index contributed by atoms with van der Waals surface area (Å²) in [6.07, 6.45) is -0.644. The Morgan fingerprint density at radius 2 is 2.10 bits per heavy atom. The van der Waals surface area contributed by atoms with Crippen molar-refractivity contribution in [2.45, 2.75) is 12.7 Å². The van der Waals surface area contributed by atoms with Crippen LogP contribution in [0.2, 0.25) is 0 Å². The molecule has 0 spiro atoms. The van der Waals surface area contributed by atoms with Gasteiger partial charge in [0, 0.05) is 11.6 Å². The fraction of sp³-hybridized carbons (Fsp3) is 0.200. The molecule has 0 aliphatic carbocycles. The fourth-order valence-corrected chi connectivity index (χ4v) is 2.49. The number of ether oxygens (including phenoxy) is 2. The zero-order valence-corrected chi connectivity index (χ0v) is 12.4. The summed E-state index contributed by atoms with van der Waals surface area (Å²) in [6, 6.07) is 7.38. The summed E-state index contributed by atoms with van der Waals surface area (Å²) in [6.45, 7) is -0.0356. The second-order valence-electron chi connectivity index (χ2n) is 4.64. The molecule has 0 fully saturated rings. The average molecular weight is 357 g/mol. The van der Waals surface area contributed by atoms with Crippen LogP contribution in [0.15, 0.2) is 34.8 Å². The molecule has 1 unspecified atom stereocenters. The van der Waals surface area contributed by atoms with E-state index in [1.807, 2.05) is 0 Å². The van der Waals surface area contributed by atoms with E-state index < -0.39 is 17.7 Å². The average Bonchev–Trinajstić information content (AvgIpc) is 2.84. The van der Waals surface area contributed by atoms with E-state index in [0.717, 1.165) is 0 Å². The van der Waals surface area contributed by atoms with Gasteiger partial charge in [-0.2, -0.15) is 0 Å². The zero-order chi connectivity index (χ0) is 15.0. The molecule has 1 aliphatic heterocycles. The van der Waals surface area contributed by atoms with Crippen LogP contribution in [0.1, 0.15) is 17.2 Å². The number of halogens is 3. The molecule has 1 heterocycles. The molecule has 0 aromatic heterocycles. The minimum absolute atomic E-state index is 0.147. The van der Waals surface area contributed by atoms with Crippen LogP contribution in [-0.4, -0.2) is 11.7 Å². The van der Waals surface area contributed by atoms with Crippen molar-refractivity contribution < 1.29 is 23.4 Å². The summed E-state index contributed by atoms with van der Waals surface area (Å²) in [7, 11) is 0. The molecule has 110 valence electrons. The Balaban J connectivity index is 1.79. The van der Waals surface area contributed by atoms with Crippen molar-refractivity contribution in [2.75, 3.05) is 6.61 Å². The number of aliphatic hydroxyl groups is 1. The van der Waals surface area contributed by atoms with Crippen LogP contribution in [0.3, 0.4) is 0 Å². The van der Waals surface area contributed by atoms with E-state index in [9.17, 15) is 13.9 Å². The second kappa shape index (κ2) is 5.61. The highest BCUT2D eigenvalue weighted by atomic mass is 79.9. The first-order valence-corrected chi connectivity index (χ1v) is 7.05. The Labute approximate surface area is 128 Å². The smallest absolute Gasteiger partial charge is 0.146 e. The summed E-state index contributed by atoms with van der Waals surface area (Å²) >= 11 is 3.01. The minimum atomic E-state index is -0.678. The molecule has 0 saturated carbocycles. The third-order valence-corrected chi connectivity index (χ3v) is 3.88. The lowest BCUT2D eigenvalue weighted by atomic mass is 10.1. The number of aliphatic hydroxyl groups excluding tert-OH is 1. The molecule has 21 heavy (non-hydrogen) atoms. The van der Waals surface area contributed by atoms with Crippen molar-refractivity contribution in [3.8, 4) is 11.5 Å². The maximum absolute atomic E-state index is 13.8. The van der Waals surface area contributed by atoms with Crippen LogP contribution in [-0.2, 0) is 6.61 Å². The molecule has 1 aliphatic rings. The van der Waals surface area contributed by atoms with Gasteiger partial charge in [-0.3, -0.25) is 0 Å². The first-order chi connectivity index (χ1) is 10.1. The van der Waals surface area contributed by atoms with Crippen molar-refractivity contribution in [3.63, 3.8) is 0 Å². The molecular formula is C15H11BrF2O3. The second-order valence-corrected chi connectivity index (χ2v) is 5.49. The fourth-order valence-electron chi connectivity index (χ4n) is 2.12. The molecule has 0 bridgehead atoms. The summed E-state index contributed by atoms with van der Waals surface area (Å²) in [5, 5.41) is 9.61. The highest BCUT2D eigenvalue weighted by molar-refractivity contribution is 9.10. The van der Waals surface area contributed by atoms with Crippen molar-refractivity contribution in [1.29, 1.82) is 0 Å². The first-order valence-electron chi connectivity index (χ1n) is 6.26. The summed E-state index contributed by atoms with van der Waals surface area (Å²) in [4.78, 5) is 0. The third-order valence-electron chi connectivity index (χ3n) is 3.26. The molecule has 6 heteroatoms. The van der Waals surface area contributed by atoms with Crippen molar-refractivity contribution in [1.82, 2.24) is 0 Å². The van der Waals surface area contributed by atoms with Crippen LogP contribution >= 0.6 is 15.9 Å². The SMILES string of the molecule is OC1COc2cc(OCc3c(F)ccc(Br)c3F)ccc21. The molecule has 3 rings (SSSR count). The first kappa shape index (κ1) is 14.3. The highest BCUT2D eigenvalue weighted by Gasteiger charge is 2.22. The molecule has 2 aromatic rings. The van der Waals surface area contributed by atoms with E-state index in [1.54, 1.807) is 18.2 Å². The lowest BCUT2D eigenvalue weighted by Crippen LogP contribution is -2.02. The molecular weight excluding hydrogens is 346 g/mol. The Bertz CT molecular complexity index is 691. The van der Waals surface area contributed by atoms with Gasteiger partial charge in [-0.05, 0) is 40.2 Å². The zero-order valence-electron chi connectivity index (χ0n) is 10.8. The predicted molar refractivity (Wildman–Crippen MR) is 75.3 cm³/mol. The number of benzene rings is 2. The van der Waals surface area contributed by atoms with E-state index in [-0.39, 0.29) is 23.2 Å². The van der Waals surface area contributed by atoms with Crippen LogP contribution in [0, 0.1) is 11.6 Å². The maximum atomic E-state index is 13.8. The Morgan fingerprint density at radius 1 is 1.29 bits per heavy atom. The van der Waals surface area contributed by atoms with Gasteiger partial charge in [0.15, 0.2) is 0 Å². The van der Waals surface area contributed by atoms with Crippen molar-refractivity contribution in [3.05, 3.63) is 57.6 Å². The van der Waals surface area contributed by atoms with E-state index >= 15 is 0 Å². The van der Waals surface area contributed by atoms with E-state index in [4.69, 9.17) is 9.47 Å². The largest absolute Gasteiger partial charge is 0.490 e. The molecule has 0 radical (unpaired) electrons. The number of rotatable bonds is 3. The normalized spacial score (nSPS) is 16.5. The monoisotopic (exact) mass is 356 g/mol. The Hall–Kier alpha value is -1.66. The van der Waals surface area contributed by atoms with Gasteiger partial charge in [-0.15, -0.1) is 0 Å². The number of hydrogen-bond acceptors (Lipinski definition) is 3. The highest BCUT2D eigenvalue weighted by Crippen LogP contribution is 2.35. The lowest BCUT2D eigenvalue weighted by Gasteiger charge is -2.10. The number of fused-ring (bicyclic) bond motifs is 1. The van der Waals surface area contributed by atoms with Crippen LogP contribution < -0.4 is 9.47 Å². The van der Waals surface area contributed by atoms with Gasteiger partial charge in [0.1, 0.15) is 42.5 Å². The van der Waals surface area contributed by atoms with Crippen LogP contribution in [0.5, 0.6) is 11.5 Å². The van der Waals surface area contributed by atoms with Gasteiger partial charge < -0.3 is 14.6 Å². The van der Waals surface area contributed by atoms with Gasteiger partial charge in [-0.1, -0.05) is 0 Å². The number of hydrogen-bond donors (Lipinski definition) is 1. The van der Waals surface area contributed by atoms with Gasteiger partial charge in [0.25, 0.3) is 0 Å². The van der Waals surface area contributed by atoms with Gasteiger partial charge in [0.05, 0.1) is 10.0 Å². The van der Waals surface area contributed by atoms with Crippen molar-refractivity contribution >= 4 is 15.9 Å². The summed E-state index contributed by atoms with van der Waals surface area (Å²) in [5.74, 6) is -0.400. The quantitative estimate of drug-likeness (QED) is 0.851. The van der Waals surface area contributed by atoms with Crippen LogP contribution in [0.25, 0.3) is 0 Å². The van der Waals surface area contributed by atoms with Gasteiger partial charge in [-0.25, -0.2) is 8.78 Å². The molecule has 3 nitrogen and oxygen atoms in total. The maximum Gasteiger partial charge on any atom is 0.146 e. The summed E-state index contributed by atoms with van der Waals surface area (Å²) < 4.78 is 38.3. The molecule has 0 saturated heterocycles.